The van der Waals surface area contributed by atoms with Gasteiger partial charge in [-0.1, -0.05) is 12.1 Å². The van der Waals surface area contributed by atoms with Crippen molar-refractivity contribution >= 4 is 16.9 Å². The van der Waals surface area contributed by atoms with Crippen LogP contribution in [0.4, 0.5) is 13.2 Å². The van der Waals surface area contributed by atoms with Crippen LogP contribution in [-0.4, -0.2) is 33.3 Å². The van der Waals surface area contributed by atoms with Crippen molar-refractivity contribution in [2.75, 3.05) is 6.54 Å². The zero-order chi connectivity index (χ0) is 20.3. The van der Waals surface area contributed by atoms with Crippen molar-refractivity contribution in [1.82, 2.24) is 19.9 Å². The number of carbonyl (C=O) groups is 1. The van der Waals surface area contributed by atoms with Gasteiger partial charge in [0, 0.05) is 19.3 Å². The van der Waals surface area contributed by atoms with E-state index in [0.29, 0.717) is 0 Å². The van der Waals surface area contributed by atoms with Crippen LogP contribution in [0.25, 0.3) is 11.0 Å². The van der Waals surface area contributed by atoms with Gasteiger partial charge in [0.25, 0.3) is 11.5 Å². The number of alkyl halides is 3. The summed E-state index contributed by atoms with van der Waals surface area (Å²) >= 11 is 0. The van der Waals surface area contributed by atoms with Crippen molar-refractivity contribution in [3.8, 4) is 5.75 Å². The Bertz CT molecular complexity index is 1140. The molecule has 0 saturated heterocycles. The molecule has 1 amide bonds. The number of hydrogen-bond acceptors (Lipinski definition) is 5. The predicted molar refractivity (Wildman–Crippen MR) is 92.1 cm³/mol. The van der Waals surface area contributed by atoms with Gasteiger partial charge in [0.2, 0.25) is 0 Å². The Morgan fingerprint density at radius 2 is 1.93 bits per heavy atom. The first kappa shape index (κ1) is 19.1. The van der Waals surface area contributed by atoms with Crippen LogP contribution in [-0.2, 0) is 6.54 Å². The van der Waals surface area contributed by atoms with E-state index in [1.807, 2.05) is 0 Å². The fourth-order valence-corrected chi connectivity index (χ4v) is 2.53. The lowest BCUT2D eigenvalue weighted by Gasteiger charge is -2.13. The summed E-state index contributed by atoms with van der Waals surface area (Å²) in [5, 5.41) is 2.55. The number of nitrogens with zero attached hydrogens (tertiary/aromatic N) is 2. The molecule has 0 bridgehead atoms. The maximum atomic E-state index is 12.4. The highest BCUT2D eigenvalue weighted by atomic mass is 19.4. The Labute approximate surface area is 154 Å². The van der Waals surface area contributed by atoms with E-state index in [1.165, 1.54) is 30.5 Å². The second-order valence-corrected chi connectivity index (χ2v) is 5.59. The molecular formula is C17H13F3N4O4. The number of carbonyl (C=O) groups excluding carboxylic acids is 1. The third-order valence-electron chi connectivity index (χ3n) is 3.73. The number of amides is 1. The summed E-state index contributed by atoms with van der Waals surface area (Å²) in [6.45, 7) is -0.360. The minimum absolute atomic E-state index is 0.135. The molecule has 28 heavy (non-hydrogen) atoms. The fourth-order valence-electron chi connectivity index (χ4n) is 2.53. The summed E-state index contributed by atoms with van der Waals surface area (Å²) in [6.07, 6.45) is -3.53. The minimum atomic E-state index is -4.95. The zero-order valence-electron chi connectivity index (χ0n) is 14.1. The van der Waals surface area contributed by atoms with Crippen molar-refractivity contribution in [3.63, 3.8) is 0 Å². The highest BCUT2D eigenvalue weighted by molar-refractivity contribution is 5.96. The highest BCUT2D eigenvalue weighted by Crippen LogP contribution is 2.26. The topological polar surface area (TPSA) is 106 Å². The van der Waals surface area contributed by atoms with Gasteiger partial charge in [-0.05, 0) is 24.3 Å². The van der Waals surface area contributed by atoms with Gasteiger partial charge in [-0.3, -0.25) is 19.1 Å². The third kappa shape index (κ3) is 4.19. The molecule has 0 aliphatic rings. The van der Waals surface area contributed by atoms with Gasteiger partial charge in [-0.2, -0.15) is 0 Å². The van der Waals surface area contributed by atoms with Gasteiger partial charge in [0.05, 0.1) is 10.9 Å². The SMILES string of the molecule is O=C(NCCn1c(=O)[nH]c2ncccc2c1=O)c1ccccc1OC(F)(F)F. The number of halogens is 3. The summed E-state index contributed by atoms with van der Waals surface area (Å²) in [6, 6.07) is 7.86. The Morgan fingerprint density at radius 1 is 1.18 bits per heavy atom. The van der Waals surface area contributed by atoms with E-state index >= 15 is 0 Å². The number of aromatic amines is 1. The summed E-state index contributed by atoms with van der Waals surface area (Å²) in [7, 11) is 0. The number of nitrogens with one attached hydrogen (secondary N) is 2. The summed E-state index contributed by atoms with van der Waals surface area (Å²) in [5.74, 6) is -1.49. The summed E-state index contributed by atoms with van der Waals surface area (Å²) in [5.41, 5.74) is -1.51. The fraction of sp³-hybridized carbons (Fsp3) is 0.176. The van der Waals surface area contributed by atoms with Gasteiger partial charge in [0.1, 0.15) is 11.4 Å². The van der Waals surface area contributed by atoms with Crippen LogP contribution in [0.1, 0.15) is 10.4 Å². The molecule has 2 N–H and O–H groups in total. The minimum Gasteiger partial charge on any atom is -0.405 e. The molecule has 0 aliphatic heterocycles. The standard InChI is InChI=1S/C17H13F3N4O4/c18-17(19,20)28-12-6-2-1-4-10(12)14(25)22-8-9-24-15(26)11-5-3-7-21-13(11)23-16(24)27/h1-7H,8-9H2,(H,22,25)(H,21,23,27). The molecule has 0 atom stereocenters. The number of fused-ring (bicyclic) bond motifs is 1. The first-order chi connectivity index (χ1) is 13.3. The smallest absolute Gasteiger partial charge is 0.405 e. The van der Waals surface area contributed by atoms with Gasteiger partial charge in [0.15, 0.2) is 0 Å². The van der Waals surface area contributed by atoms with Crippen LogP contribution >= 0.6 is 0 Å². The zero-order valence-corrected chi connectivity index (χ0v) is 14.1. The lowest BCUT2D eigenvalue weighted by atomic mass is 10.2. The van der Waals surface area contributed by atoms with Crippen molar-refractivity contribution < 1.29 is 22.7 Å². The Balaban J connectivity index is 1.75. The first-order valence-corrected chi connectivity index (χ1v) is 7.97. The van der Waals surface area contributed by atoms with Crippen molar-refractivity contribution in [2.24, 2.45) is 0 Å². The van der Waals surface area contributed by atoms with Gasteiger partial charge in [-0.25, -0.2) is 9.78 Å². The molecule has 3 rings (SSSR count). The largest absolute Gasteiger partial charge is 0.573 e. The molecule has 0 aliphatic carbocycles. The van der Waals surface area contributed by atoms with E-state index in [-0.39, 0.29) is 29.7 Å². The lowest BCUT2D eigenvalue weighted by molar-refractivity contribution is -0.274. The molecule has 0 spiro atoms. The quantitative estimate of drug-likeness (QED) is 0.681. The Morgan fingerprint density at radius 3 is 2.68 bits per heavy atom. The Hall–Kier alpha value is -3.63. The average Bonchev–Trinajstić information content (AvgIpc) is 2.63. The average molecular weight is 394 g/mol. The Kier molecular flexibility index (Phi) is 5.16. The number of rotatable bonds is 5. The van der Waals surface area contributed by atoms with Crippen molar-refractivity contribution in [2.45, 2.75) is 12.9 Å². The van der Waals surface area contributed by atoms with Crippen molar-refractivity contribution in [1.29, 1.82) is 0 Å². The third-order valence-corrected chi connectivity index (χ3v) is 3.73. The van der Waals surface area contributed by atoms with Gasteiger partial charge in [-0.15, -0.1) is 13.2 Å². The number of aromatic nitrogens is 3. The molecule has 0 saturated carbocycles. The molecule has 2 heterocycles. The van der Waals surface area contributed by atoms with Crippen LogP contribution in [0.3, 0.4) is 0 Å². The van der Waals surface area contributed by atoms with Crippen LogP contribution in [0, 0.1) is 0 Å². The van der Waals surface area contributed by atoms with Crippen LogP contribution in [0.15, 0.2) is 52.2 Å². The van der Waals surface area contributed by atoms with Crippen molar-refractivity contribution in [3.05, 3.63) is 69.0 Å². The maximum absolute atomic E-state index is 12.4. The molecule has 146 valence electrons. The molecule has 8 nitrogen and oxygen atoms in total. The predicted octanol–water partition coefficient (Wildman–Crippen LogP) is 1.41. The molecule has 0 unspecified atom stereocenters. The molecule has 0 fully saturated rings. The van der Waals surface area contributed by atoms with E-state index in [9.17, 15) is 27.6 Å². The lowest BCUT2D eigenvalue weighted by Crippen LogP contribution is -2.39. The number of hydrogen-bond donors (Lipinski definition) is 2. The second kappa shape index (κ2) is 7.55. The molecule has 11 heteroatoms. The van der Waals surface area contributed by atoms with E-state index in [4.69, 9.17) is 0 Å². The molecular weight excluding hydrogens is 381 g/mol. The number of H-pyrrole nitrogens is 1. The number of pyridine rings is 1. The maximum Gasteiger partial charge on any atom is 0.573 e. The summed E-state index contributed by atoms with van der Waals surface area (Å²) in [4.78, 5) is 42.9. The number of para-hydroxylation sites is 1. The van der Waals surface area contributed by atoms with Gasteiger partial charge < -0.3 is 10.1 Å². The normalized spacial score (nSPS) is 11.4. The molecule has 1 aromatic carbocycles. The van der Waals surface area contributed by atoms with E-state index in [1.54, 1.807) is 0 Å². The number of ether oxygens (including phenoxy) is 1. The monoisotopic (exact) mass is 394 g/mol. The van der Waals surface area contributed by atoms with Crippen LogP contribution < -0.4 is 21.3 Å². The van der Waals surface area contributed by atoms with E-state index in [0.717, 1.165) is 16.7 Å². The van der Waals surface area contributed by atoms with Gasteiger partial charge >= 0.3 is 12.1 Å². The number of benzene rings is 1. The summed E-state index contributed by atoms with van der Waals surface area (Å²) < 4.78 is 42.0. The molecule has 0 radical (unpaired) electrons. The molecule has 3 aromatic rings. The van der Waals surface area contributed by atoms with E-state index < -0.39 is 29.3 Å². The molecule has 2 aromatic heterocycles. The second-order valence-electron chi connectivity index (χ2n) is 5.59. The van der Waals surface area contributed by atoms with Crippen LogP contribution in [0.5, 0.6) is 5.75 Å². The highest BCUT2D eigenvalue weighted by Gasteiger charge is 2.32. The first-order valence-electron chi connectivity index (χ1n) is 7.97. The van der Waals surface area contributed by atoms with Crippen LogP contribution in [0.2, 0.25) is 0 Å². The van der Waals surface area contributed by atoms with E-state index in [2.05, 4.69) is 20.0 Å².